The molecule has 1 aliphatic rings. The fraction of sp³-hybridized carbons (Fsp3) is 0.385. The van der Waals surface area contributed by atoms with Crippen LogP contribution in [0.25, 0.3) is 5.57 Å². The summed E-state index contributed by atoms with van der Waals surface area (Å²) in [6.45, 7) is 4.63. The van der Waals surface area contributed by atoms with Crippen molar-refractivity contribution in [2.75, 3.05) is 0 Å². The largest absolute Gasteiger partial charge is 0.0793 e. The summed E-state index contributed by atoms with van der Waals surface area (Å²) < 4.78 is 0. The van der Waals surface area contributed by atoms with Crippen LogP contribution < -0.4 is 0 Å². The van der Waals surface area contributed by atoms with E-state index in [1.807, 2.05) is 0 Å². The minimum atomic E-state index is 0.446. The Morgan fingerprint density at radius 3 is 2.38 bits per heavy atom. The SMILES string of the molecule is CC[C@]1(C)CC=C1c1ccccc1. The second-order valence-corrected chi connectivity index (χ2v) is 4.10. The molecule has 1 aliphatic carbocycles. The number of hydrogen-bond acceptors (Lipinski definition) is 0. The van der Waals surface area contributed by atoms with Crippen LogP contribution in [0, 0.1) is 5.41 Å². The van der Waals surface area contributed by atoms with Crippen molar-refractivity contribution in [3.05, 3.63) is 42.0 Å². The maximum atomic E-state index is 2.36. The second kappa shape index (κ2) is 3.02. The summed E-state index contributed by atoms with van der Waals surface area (Å²) in [7, 11) is 0. The van der Waals surface area contributed by atoms with Gasteiger partial charge in [0, 0.05) is 0 Å². The maximum Gasteiger partial charge on any atom is -0.00404 e. The quantitative estimate of drug-likeness (QED) is 0.635. The molecule has 68 valence electrons. The van der Waals surface area contributed by atoms with E-state index in [2.05, 4.69) is 50.3 Å². The van der Waals surface area contributed by atoms with Crippen LogP contribution in [0.5, 0.6) is 0 Å². The van der Waals surface area contributed by atoms with Gasteiger partial charge in [-0.3, -0.25) is 0 Å². The molecule has 0 saturated carbocycles. The van der Waals surface area contributed by atoms with Gasteiger partial charge in [-0.15, -0.1) is 0 Å². The molecule has 0 radical (unpaired) electrons. The van der Waals surface area contributed by atoms with Crippen LogP contribution in [-0.4, -0.2) is 0 Å². The lowest BCUT2D eigenvalue weighted by atomic mass is 9.66. The average Bonchev–Trinajstić information content (AvgIpc) is 2.17. The number of hydrogen-bond donors (Lipinski definition) is 0. The Bertz CT molecular complexity index is 321. The number of allylic oxidation sites excluding steroid dienone is 2. The van der Waals surface area contributed by atoms with E-state index >= 15 is 0 Å². The molecule has 1 atom stereocenters. The first kappa shape index (κ1) is 8.55. The zero-order valence-electron chi connectivity index (χ0n) is 8.38. The van der Waals surface area contributed by atoms with Crippen LogP contribution in [0.4, 0.5) is 0 Å². The van der Waals surface area contributed by atoms with E-state index in [4.69, 9.17) is 0 Å². The van der Waals surface area contributed by atoms with Crippen LogP contribution in [0.3, 0.4) is 0 Å². The fourth-order valence-electron chi connectivity index (χ4n) is 1.97. The number of benzene rings is 1. The Balaban J connectivity index is 2.30. The lowest BCUT2D eigenvalue weighted by Gasteiger charge is -2.38. The standard InChI is InChI=1S/C13H16/c1-3-13(2)10-9-12(13)11-7-5-4-6-8-11/h4-9H,3,10H2,1-2H3/t13-/m1/s1. The summed E-state index contributed by atoms with van der Waals surface area (Å²) >= 11 is 0. The Hall–Kier alpha value is -1.04. The topological polar surface area (TPSA) is 0 Å². The Morgan fingerprint density at radius 1 is 1.23 bits per heavy atom. The van der Waals surface area contributed by atoms with E-state index in [0.29, 0.717) is 5.41 Å². The molecule has 1 aromatic carbocycles. The third-order valence-corrected chi connectivity index (χ3v) is 3.27. The van der Waals surface area contributed by atoms with Crippen molar-refractivity contribution in [1.29, 1.82) is 0 Å². The molecule has 0 spiro atoms. The van der Waals surface area contributed by atoms with Crippen molar-refractivity contribution >= 4 is 5.57 Å². The summed E-state index contributed by atoms with van der Waals surface area (Å²) in [6.07, 6.45) is 4.85. The minimum absolute atomic E-state index is 0.446. The van der Waals surface area contributed by atoms with Gasteiger partial charge in [0.05, 0.1) is 0 Å². The minimum Gasteiger partial charge on any atom is -0.0793 e. The van der Waals surface area contributed by atoms with Gasteiger partial charge in [-0.25, -0.2) is 0 Å². The molecule has 0 amide bonds. The predicted molar refractivity (Wildman–Crippen MR) is 57.4 cm³/mol. The fourth-order valence-corrected chi connectivity index (χ4v) is 1.97. The van der Waals surface area contributed by atoms with Crippen LogP contribution >= 0.6 is 0 Å². The van der Waals surface area contributed by atoms with Gasteiger partial charge < -0.3 is 0 Å². The highest BCUT2D eigenvalue weighted by Crippen LogP contribution is 2.48. The third-order valence-electron chi connectivity index (χ3n) is 3.27. The van der Waals surface area contributed by atoms with E-state index in [-0.39, 0.29) is 0 Å². The van der Waals surface area contributed by atoms with Crippen molar-refractivity contribution in [3.8, 4) is 0 Å². The van der Waals surface area contributed by atoms with E-state index in [9.17, 15) is 0 Å². The molecule has 0 bridgehead atoms. The molecule has 0 heteroatoms. The zero-order valence-corrected chi connectivity index (χ0v) is 8.38. The lowest BCUT2D eigenvalue weighted by molar-refractivity contribution is 0.401. The van der Waals surface area contributed by atoms with Crippen LogP contribution in [0.15, 0.2) is 36.4 Å². The highest BCUT2D eigenvalue weighted by molar-refractivity contribution is 5.75. The zero-order chi connectivity index (χ0) is 9.31. The Morgan fingerprint density at radius 2 is 1.92 bits per heavy atom. The summed E-state index contributed by atoms with van der Waals surface area (Å²) in [6, 6.07) is 10.7. The molecule has 1 aromatic rings. The van der Waals surface area contributed by atoms with Gasteiger partial charge in [0.25, 0.3) is 0 Å². The maximum absolute atomic E-state index is 2.36. The molecular formula is C13H16. The van der Waals surface area contributed by atoms with Crippen LogP contribution in [0.1, 0.15) is 32.3 Å². The summed E-state index contributed by atoms with van der Waals surface area (Å²) in [4.78, 5) is 0. The molecule has 0 saturated heterocycles. The highest BCUT2D eigenvalue weighted by Gasteiger charge is 2.33. The first-order valence-corrected chi connectivity index (χ1v) is 5.02. The van der Waals surface area contributed by atoms with Crippen molar-refractivity contribution < 1.29 is 0 Å². The van der Waals surface area contributed by atoms with Crippen LogP contribution in [0.2, 0.25) is 0 Å². The average molecular weight is 172 g/mol. The first-order chi connectivity index (χ1) is 6.26. The van der Waals surface area contributed by atoms with Gasteiger partial charge in [-0.1, -0.05) is 50.3 Å². The predicted octanol–water partition coefficient (Wildman–Crippen LogP) is 3.89. The Labute approximate surface area is 80.3 Å². The van der Waals surface area contributed by atoms with Gasteiger partial charge in [-0.2, -0.15) is 0 Å². The monoisotopic (exact) mass is 172 g/mol. The molecule has 0 N–H and O–H groups in total. The van der Waals surface area contributed by atoms with E-state index in [1.54, 1.807) is 0 Å². The van der Waals surface area contributed by atoms with Gasteiger partial charge in [0.1, 0.15) is 0 Å². The smallest absolute Gasteiger partial charge is 0.00404 e. The van der Waals surface area contributed by atoms with Crippen molar-refractivity contribution in [1.82, 2.24) is 0 Å². The van der Waals surface area contributed by atoms with Crippen molar-refractivity contribution in [2.45, 2.75) is 26.7 Å². The molecule has 0 heterocycles. The van der Waals surface area contributed by atoms with Crippen molar-refractivity contribution in [2.24, 2.45) is 5.41 Å². The lowest BCUT2D eigenvalue weighted by Crippen LogP contribution is -2.23. The normalized spacial score (nSPS) is 26.5. The van der Waals surface area contributed by atoms with Crippen LogP contribution in [-0.2, 0) is 0 Å². The van der Waals surface area contributed by atoms with Gasteiger partial charge in [0.2, 0.25) is 0 Å². The molecule has 0 aliphatic heterocycles. The second-order valence-electron chi connectivity index (χ2n) is 4.10. The third kappa shape index (κ3) is 1.31. The van der Waals surface area contributed by atoms with E-state index in [0.717, 1.165) is 0 Å². The molecule has 0 nitrogen and oxygen atoms in total. The van der Waals surface area contributed by atoms with Gasteiger partial charge in [0.15, 0.2) is 0 Å². The summed E-state index contributed by atoms with van der Waals surface area (Å²) in [5, 5.41) is 0. The first-order valence-electron chi connectivity index (χ1n) is 5.02. The van der Waals surface area contributed by atoms with Gasteiger partial charge >= 0.3 is 0 Å². The molecule has 13 heavy (non-hydrogen) atoms. The van der Waals surface area contributed by atoms with Gasteiger partial charge in [-0.05, 0) is 29.4 Å². The summed E-state index contributed by atoms with van der Waals surface area (Å²) in [5.41, 5.74) is 3.38. The van der Waals surface area contributed by atoms with Crippen molar-refractivity contribution in [3.63, 3.8) is 0 Å². The molecule has 0 unspecified atom stereocenters. The molecule has 0 aromatic heterocycles. The van der Waals surface area contributed by atoms with E-state index in [1.165, 1.54) is 24.0 Å². The molecular weight excluding hydrogens is 156 g/mol. The number of rotatable bonds is 2. The summed E-state index contributed by atoms with van der Waals surface area (Å²) in [5.74, 6) is 0. The van der Waals surface area contributed by atoms with E-state index < -0.39 is 0 Å². The molecule has 2 rings (SSSR count). The highest BCUT2D eigenvalue weighted by atomic mass is 14.4. The Kier molecular flexibility index (Phi) is 1.99. The molecule has 0 fully saturated rings.